The molecule has 0 spiro atoms. The van der Waals surface area contributed by atoms with Crippen LogP contribution in [0.4, 0.5) is 0 Å². The molecule has 1 amide bonds. The van der Waals surface area contributed by atoms with Crippen LogP contribution < -0.4 is 0 Å². The number of amides is 1. The summed E-state index contributed by atoms with van der Waals surface area (Å²) in [7, 11) is 0. The van der Waals surface area contributed by atoms with Crippen molar-refractivity contribution in [2.24, 2.45) is 5.41 Å². The number of hydrogen-bond acceptors (Lipinski definition) is 5. The third kappa shape index (κ3) is 5.57. The Labute approximate surface area is 218 Å². The van der Waals surface area contributed by atoms with E-state index in [0.717, 1.165) is 63.3 Å². The van der Waals surface area contributed by atoms with Crippen LogP contribution in [0.1, 0.15) is 77.2 Å². The molecule has 1 atom stereocenters. The molecule has 9 heteroatoms. The topological polar surface area (TPSA) is 67.2 Å². The Morgan fingerprint density at radius 3 is 2.37 bits per heavy atom. The summed E-state index contributed by atoms with van der Waals surface area (Å²) in [5, 5.41) is 14.6. The van der Waals surface area contributed by atoms with Gasteiger partial charge in [-0.15, -0.1) is 5.10 Å². The highest BCUT2D eigenvalue weighted by molar-refractivity contribution is 6.35. The van der Waals surface area contributed by atoms with E-state index >= 15 is 0 Å². The van der Waals surface area contributed by atoms with Crippen molar-refractivity contribution in [2.75, 3.05) is 26.2 Å². The van der Waals surface area contributed by atoms with Gasteiger partial charge in [0.25, 0.3) is 0 Å². The number of nitrogens with zero attached hydrogens (tertiary/aromatic N) is 6. The fraction of sp³-hybridized carbons (Fsp3) is 0.615. The minimum atomic E-state index is -0.222. The van der Waals surface area contributed by atoms with E-state index in [-0.39, 0.29) is 22.9 Å². The Kier molecular flexibility index (Phi) is 7.89. The van der Waals surface area contributed by atoms with Gasteiger partial charge in [0.2, 0.25) is 5.91 Å². The molecule has 0 N–H and O–H groups in total. The predicted octanol–water partition coefficient (Wildman–Crippen LogP) is 5.60. The molecule has 1 aromatic heterocycles. The van der Waals surface area contributed by atoms with Gasteiger partial charge in [0.1, 0.15) is 0 Å². The smallest absolute Gasteiger partial charge is 0.219 e. The molecule has 2 aliphatic rings. The van der Waals surface area contributed by atoms with Gasteiger partial charge < -0.3 is 4.90 Å². The van der Waals surface area contributed by atoms with Gasteiger partial charge in [0.15, 0.2) is 5.82 Å². The monoisotopic (exact) mass is 518 g/mol. The van der Waals surface area contributed by atoms with Crippen molar-refractivity contribution in [3.63, 3.8) is 0 Å². The normalized spacial score (nSPS) is 20.3. The lowest BCUT2D eigenvalue weighted by atomic mass is 9.78. The summed E-state index contributed by atoms with van der Waals surface area (Å²) in [6.45, 7) is 11.4. The molecular formula is C26H36Cl2N6O. The van der Waals surface area contributed by atoms with Crippen LogP contribution in [0, 0.1) is 5.41 Å². The molecule has 1 aliphatic heterocycles. The average Bonchev–Trinajstić information content (AvgIpc) is 3.30. The van der Waals surface area contributed by atoms with Crippen LogP contribution in [0.5, 0.6) is 0 Å². The van der Waals surface area contributed by atoms with Crippen LogP contribution in [0.15, 0.2) is 24.3 Å². The van der Waals surface area contributed by atoms with Gasteiger partial charge in [0, 0.05) is 43.1 Å². The lowest BCUT2D eigenvalue weighted by Gasteiger charge is -2.49. The molecule has 7 nitrogen and oxygen atoms in total. The summed E-state index contributed by atoms with van der Waals surface area (Å²) in [5.74, 6) is 1.08. The van der Waals surface area contributed by atoms with Crippen molar-refractivity contribution < 1.29 is 4.79 Å². The van der Waals surface area contributed by atoms with Crippen LogP contribution in [-0.2, 0) is 10.3 Å². The highest BCUT2D eigenvalue weighted by atomic mass is 35.5. The van der Waals surface area contributed by atoms with Crippen molar-refractivity contribution in [2.45, 2.75) is 71.4 Å². The summed E-state index contributed by atoms with van der Waals surface area (Å²) in [6.07, 6.45) is 9.77. The van der Waals surface area contributed by atoms with Crippen molar-refractivity contribution in [1.82, 2.24) is 30.0 Å². The largest absolute Gasteiger partial charge is 0.340 e. The van der Waals surface area contributed by atoms with Crippen LogP contribution >= 0.6 is 23.2 Å². The Balaban J connectivity index is 1.71. The third-order valence-corrected chi connectivity index (χ3v) is 8.05. The van der Waals surface area contributed by atoms with Crippen LogP contribution in [0.25, 0.3) is 6.08 Å². The Morgan fingerprint density at radius 1 is 1.09 bits per heavy atom. The maximum atomic E-state index is 11.9. The van der Waals surface area contributed by atoms with E-state index in [4.69, 9.17) is 23.2 Å². The number of hydrogen-bond donors (Lipinski definition) is 0. The molecule has 1 aromatic carbocycles. The molecule has 1 saturated carbocycles. The molecule has 1 aliphatic carbocycles. The minimum absolute atomic E-state index is 0.0726. The maximum Gasteiger partial charge on any atom is 0.219 e. The summed E-state index contributed by atoms with van der Waals surface area (Å²) < 4.78 is 2.03. The molecule has 1 unspecified atom stereocenters. The number of carbonyl (C=O) groups is 1. The van der Waals surface area contributed by atoms with Gasteiger partial charge in [-0.05, 0) is 46.4 Å². The van der Waals surface area contributed by atoms with E-state index in [1.165, 1.54) is 6.42 Å². The van der Waals surface area contributed by atoms with Crippen LogP contribution in [0.2, 0.25) is 10.0 Å². The number of rotatable bonds is 5. The first kappa shape index (κ1) is 26.1. The fourth-order valence-corrected chi connectivity index (χ4v) is 5.99. The third-order valence-electron chi connectivity index (χ3n) is 7.49. The summed E-state index contributed by atoms with van der Waals surface area (Å²) in [6, 6.07) is 5.46. The SMILES string of the molecule is CC(=O)N1CCN(C2(c3nnnn3C(C=Cc3ccc(Cl)cc3Cl)C(C)(C)C)CCCCC2)CC1. The second kappa shape index (κ2) is 10.6. The number of aromatic nitrogens is 4. The molecule has 4 rings (SSSR count). The molecule has 2 heterocycles. The average molecular weight is 520 g/mol. The quantitative estimate of drug-likeness (QED) is 0.514. The molecule has 35 heavy (non-hydrogen) atoms. The fourth-order valence-electron chi connectivity index (χ4n) is 5.52. The first-order chi connectivity index (χ1) is 16.6. The van der Waals surface area contributed by atoms with Crippen molar-refractivity contribution in [3.8, 4) is 0 Å². The minimum Gasteiger partial charge on any atom is -0.340 e. The summed E-state index contributed by atoms with van der Waals surface area (Å²) in [4.78, 5) is 16.4. The number of carbonyl (C=O) groups excluding carboxylic acids is 1. The number of piperazine rings is 1. The van der Waals surface area contributed by atoms with E-state index in [2.05, 4.69) is 47.3 Å². The zero-order valence-corrected chi connectivity index (χ0v) is 22.7. The van der Waals surface area contributed by atoms with E-state index in [1.807, 2.05) is 27.8 Å². The molecule has 190 valence electrons. The zero-order chi connectivity index (χ0) is 25.2. The van der Waals surface area contributed by atoms with Crippen molar-refractivity contribution in [3.05, 3.63) is 45.7 Å². The van der Waals surface area contributed by atoms with Crippen molar-refractivity contribution in [1.29, 1.82) is 0 Å². The van der Waals surface area contributed by atoms with E-state index in [0.29, 0.717) is 10.0 Å². The first-order valence-electron chi connectivity index (χ1n) is 12.5. The predicted molar refractivity (Wildman–Crippen MR) is 140 cm³/mol. The molecule has 2 fully saturated rings. The Bertz CT molecular complexity index is 1060. The van der Waals surface area contributed by atoms with Gasteiger partial charge in [-0.2, -0.15) is 0 Å². The van der Waals surface area contributed by atoms with Crippen molar-refractivity contribution >= 4 is 35.2 Å². The number of tetrazole rings is 1. The van der Waals surface area contributed by atoms with Crippen LogP contribution in [0.3, 0.4) is 0 Å². The lowest BCUT2D eigenvalue weighted by Crippen LogP contribution is -2.58. The number of allylic oxidation sites excluding steroid dienone is 1. The molecule has 1 saturated heterocycles. The van der Waals surface area contributed by atoms with E-state index in [9.17, 15) is 4.79 Å². The van der Waals surface area contributed by atoms with Gasteiger partial charge >= 0.3 is 0 Å². The zero-order valence-electron chi connectivity index (χ0n) is 21.2. The highest BCUT2D eigenvalue weighted by Gasteiger charge is 2.46. The number of benzene rings is 1. The maximum absolute atomic E-state index is 11.9. The summed E-state index contributed by atoms with van der Waals surface area (Å²) in [5.41, 5.74) is 0.551. The molecular weight excluding hydrogens is 483 g/mol. The first-order valence-corrected chi connectivity index (χ1v) is 13.3. The van der Waals surface area contributed by atoms with Crippen LogP contribution in [-0.4, -0.2) is 62.1 Å². The van der Waals surface area contributed by atoms with Gasteiger partial charge in [-0.25, -0.2) is 4.68 Å². The highest BCUT2D eigenvalue weighted by Crippen LogP contribution is 2.44. The second-order valence-corrected chi connectivity index (χ2v) is 11.7. The van der Waals surface area contributed by atoms with E-state index in [1.54, 1.807) is 13.0 Å². The van der Waals surface area contributed by atoms with Gasteiger partial charge in [-0.3, -0.25) is 9.69 Å². The Morgan fingerprint density at radius 2 is 1.77 bits per heavy atom. The lowest BCUT2D eigenvalue weighted by molar-refractivity contribution is -0.132. The molecule has 0 bridgehead atoms. The standard InChI is InChI=1S/C26H36Cl2N6O/c1-19(35)32-14-16-33(17-15-32)26(12-6-5-7-13-26)24-29-30-31-34(24)23(25(2,3)4)11-9-20-8-10-21(27)18-22(20)28/h8-11,18,23H,5-7,12-17H2,1-4H3. The Hall–Kier alpha value is -1.96. The summed E-state index contributed by atoms with van der Waals surface area (Å²) >= 11 is 12.5. The molecule has 0 radical (unpaired) electrons. The van der Waals surface area contributed by atoms with Gasteiger partial charge in [-0.1, -0.05) is 81.5 Å². The van der Waals surface area contributed by atoms with E-state index < -0.39 is 0 Å². The van der Waals surface area contributed by atoms with Gasteiger partial charge in [0.05, 0.1) is 11.6 Å². The number of halogens is 2. The second-order valence-electron chi connectivity index (χ2n) is 10.9. The molecule has 2 aromatic rings.